The van der Waals surface area contributed by atoms with E-state index in [1.807, 2.05) is 0 Å². The van der Waals surface area contributed by atoms with Crippen molar-refractivity contribution in [1.82, 2.24) is 15.1 Å². The third-order valence-corrected chi connectivity index (χ3v) is 3.52. The Morgan fingerprint density at radius 1 is 1.23 bits per heavy atom. The third kappa shape index (κ3) is 3.05. The van der Waals surface area contributed by atoms with Gasteiger partial charge in [0.15, 0.2) is 11.6 Å². The highest BCUT2D eigenvalue weighted by Crippen LogP contribution is 2.16. The number of urea groups is 1. The van der Waals surface area contributed by atoms with Gasteiger partial charge in [-0.05, 0) is 17.7 Å². The van der Waals surface area contributed by atoms with Crippen LogP contribution in [0.3, 0.4) is 0 Å². The lowest BCUT2D eigenvalue weighted by molar-refractivity contribution is -0.131. The van der Waals surface area contributed by atoms with Crippen molar-refractivity contribution in [3.8, 4) is 0 Å². The molecule has 0 saturated carbocycles. The van der Waals surface area contributed by atoms with Crippen LogP contribution in [0.1, 0.15) is 12.0 Å². The van der Waals surface area contributed by atoms with Crippen molar-refractivity contribution >= 4 is 17.8 Å². The first-order valence-electron chi connectivity index (χ1n) is 6.56. The molecular weight excluding hydrogens is 296 g/mol. The second-order valence-electron chi connectivity index (χ2n) is 5.04. The van der Waals surface area contributed by atoms with E-state index >= 15 is 0 Å². The quantitative estimate of drug-likeness (QED) is 0.839. The van der Waals surface area contributed by atoms with Gasteiger partial charge in [0.05, 0.1) is 6.42 Å². The van der Waals surface area contributed by atoms with Crippen molar-refractivity contribution < 1.29 is 23.2 Å². The van der Waals surface area contributed by atoms with Crippen LogP contribution in [-0.4, -0.2) is 47.8 Å². The van der Waals surface area contributed by atoms with Crippen molar-refractivity contribution in [1.29, 1.82) is 0 Å². The summed E-state index contributed by atoms with van der Waals surface area (Å²) in [6.07, 6.45) is -0.185. The molecule has 1 fully saturated rings. The van der Waals surface area contributed by atoms with Gasteiger partial charge in [-0.3, -0.25) is 14.5 Å². The van der Waals surface area contributed by atoms with Crippen molar-refractivity contribution in [2.45, 2.75) is 19.0 Å². The lowest BCUT2D eigenvalue weighted by Gasteiger charge is -2.15. The van der Waals surface area contributed by atoms with E-state index < -0.39 is 35.5 Å². The van der Waals surface area contributed by atoms with Crippen LogP contribution in [0.5, 0.6) is 0 Å². The Hall–Kier alpha value is -2.51. The molecule has 6 nitrogen and oxygen atoms in total. The van der Waals surface area contributed by atoms with Crippen LogP contribution in [0.2, 0.25) is 0 Å². The van der Waals surface area contributed by atoms with Gasteiger partial charge < -0.3 is 10.2 Å². The molecule has 1 aromatic rings. The maximum absolute atomic E-state index is 13.0. The number of hydrogen-bond acceptors (Lipinski definition) is 3. The lowest BCUT2D eigenvalue weighted by atomic mass is 10.1. The molecule has 0 unspecified atom stereocenters. The summed E-state index contributed by atoms with van der Waals surface area (Å²) in [5.74, 6) is -2.87. The zero-order chi connectivity index (χ0) is 16.4. The van der Waals surface area contributed by atoms with Crippen LogP contribution in [-0.2, 0) is 16.1 Å². The summed E-state index contributed by atoms with van der Waals surface area (Å²) >= 11 is 0. The van der Waals surface area contributed by atoms with Crippen LogP contribution in [0, 0.1) is 11.6 Å². The number of likely N-dealkylation sites (N-methyl/N-ethyl adjacent to an activating group) is 2. The highest BCUT2D eigenvalue weighted by molar-refractivity contribution is 6.05. The largest absolute Gasteiger partial charge is 0.352 e. The topological polar surface area (TPSA) is 69.7 Å². The first-order valence-corrected chi connectivity index (χ1v) is 6.56. The molecule has 0 spiro atoms. The molecule has 1 aliphatic heterocycles. The van der Waals surface area contributed by atoms with Crippen LogP contribution in [0.25, 0.3) is 0 Å². The highest BCUT2D eigenvalue weighted by atomic mass is 19.2. The number of imide groups is 1. The van der Waals surface area contributed by atoms with E-state index in [2.05, 4.69) is 5.32 Å². The fraction of sp³-hybridized carbons (Fsp3) is 0.357. The Bertz CT molecular complexity index is 636. The number of rotatable bonds is 4. The number of carbonyl (C=O) groups is 3. The monoisotopic (exact) mass is 311 g/mol. The average Bonchev–Trinajstić information content (AvgIpc) is 2.66. The van der Waals surface area contributed by atoms with Crippen LogP contribution in [0.15, 0.2) is 18.2 Å². The summed E-state index contributed by atoms with van der Waals surface area (Å²) in [7, 11) is 2.79. The number of benzene rings is 1. The Morgan fingerprint density at radius 3 is 2.45 bits per heavy atom. The fourth-order valence-corrected chi connectivity index (χ4v) is 2.18. The zero-order valence-electron chi connectivity index (χ0n) is 12.1. The standard InChI is InChI=1S/C14H15F2N3O3/c1-18-11(13(21)19(2)14(18)22)6-12(20)17-7-8-3-4-9(15)10(16)5-8/h3-5,11H,6-7H2,1-2H3,(H,17,20)/t11-/m1/s1. The summed E-state index contributed by atoms with van der Waals surface area (Å²) in [4.78, 5) is 37.4. The maximum atomic E-state index is 13.0. The molecule has 1 saturated heterocycles. The maximum Gasteiger partial charge on any atom is 0.326 e. The van der Waals surface area contributed by atoms with Crippen molar-refractivity contribution in [2.24, 2.45) is 0 Å². The smallest absolute Gasteiger partial charge is 0.326 e. The first kappa shape index (κ1) is 15.9. The highest BCUT2D eigenvalue weighted by Gasteiger charge is 2.41. The van der Waals surface area contributed by atoms with Gasteiger partial charge in [0, 0.05) is 20.6 Å². The number of hydrogen-bond donors (Lipinski definition) is 1. The second kappa shape index (κ2) is 6.08. The molecule has 1 aromatic carbocycles. The Morgan fingerprint density at radius 2 is 1.91 bits per heavy atom. The first-order chi connectivity index (χ1) is 10.3. The Labute approximate surface area is 125 Å². The van der Waals surface area contributed by atoms with E-state index in [1.165, 1.54) is 25.1 Å². The van der Waals surface area contributed by atoms with Gasteiger partial charge in [0.25, 0.3) is 5.91 Å². The molecule has 0 aromatic heterocycles. The molecule has 118 valence electrons. The van der Waals surface area contributed by atoms with E-state index in [0.717, 1.165) is 17.0 Å². The zero-order valence-corrected chi connectivity index (χ0v) is 12.1. The average molecular weight is 311 g/mol. The van der Waals surface area contributed by atoms with E-state index in [4.69, 9.17) is 0 Å². The van der Waals surface area contributed by atoms with Gasteiger partial charge in [0.1, 0.15) is 6.04 Å². The predicted molar refractivity (Wildman–Crippen MR) is 72.5 cm³/mol. The fourth-order valence-electron chi connectivity index (χ4n) is 2.18. The minimum absolute atomic E-state index is 0.00441. The third-order valence-electron chi connectivity index (χ3n) is 3.52. The van der Waals surface area contributed by atoms with Gasteiger partial charge in [0.2, 0.25) is 5.91 Å². The molecule has 1 N–H and O–H groups in total. The number of amides is 4. The molecule has 1 aliphatic rings. The van der Waals surface area contributed by atoms with Crippen LogP contribution in [0.4, 0.5) is 13.6 Å². The minimum Gasteiger partial charge on any atom is -0.352 e. The number of nitrogens with zero attached hydrogens (tertiary/aromatic N) is 2. The molecule has 2 rings (SSSR count). The second-order valence-corrected chi connectivity index (χ2v) is 5.04. The van der Waals surface area contributed by atoms with E-state index in [-0.39, 0.29) is 13.0 Å². The molecule has 22 heavy (non-hydrogen) atoms. The summed E-state index contributed by atoms with van der Waals surface area (Å²) in [5.41, 5.74) is 0.395. The van der Waals surface area contributed by atoms with Gasteiger partial charge >= 0.3 is 6.03 Å². The van der Waals surface area contributed by atoms with Gasteiger partial charge in [-0.2, -0.15) is 0 Å². The summed E-state index contributed by atoms with van der Waals surface area (Å²) in [5, 5.41) is 2.51. The minimum atomic E-state index is -0.996. The van der Waals surface area contributed by atoms with Crippen molar-refractivity contribution in [3.05, 3.63) is 35.4 Å². The molecule has 4 amide bonds. The van der Waals surface area contributed by atoms with E-state index in [9.17, 15) is 23.2 Å². The molecular formula is C14H15F2N3O3. The van der Waals surface area contributed by atoms with E-state index in [0.29, 0.717) is 5.56 Å². The molecule has 0 bridgehead atoms. The van der Waals surface area contributed by atoms with Crippen molar-refractivity contribution in [3.63, 3.8) is 0 Å². The number of carbonyl (C=O) groups excluding carboxylic acids is 3. The normalized spacial score (nSPS) is 18.1. The van der Waals surface area contributed by atoms with Crippen LogP contribution >= 0.6 is 0 Å². The van der Waals surface area contributed by atoms with Gasteiger partial charge in [-0.1, -0.05) is 6.07 Å². The molecule has 1 heterocycles. The summed E-state index contributed by atoms with van der Waals surface area (Å²) in [6.45, 7) is 0.00441. The Balaban J connectivity index is 1.92. The lowest BCUT2D eigenvalue weighted by Crippen LogP contribution is -2.37. The predicted octanol–water partition coefficient (Wildman–Crippen LogP) is 0.863. The van der Waals surface area contributed by atoms with Gasteiger partial charge in [-0.25, -0.2) is 13.6 Å². The molecule has 0 radical (unpaired) electrons. The SMILES string of the molecule is CN1C(=O)[C@@H](CC(=O)NCc2ccc(F)c(F)c2)N(C)C1=O. The number of nitrogens with one attached hydrogen (secondary N) is 1. The summed E-state index contributed by atoms with van der Waals surface area (Å²) in [6, 6.07) is 1.99. The molecule has 8 heteroatoms. The molecule has 1 atom stereocenters. The van der Waals surface area contributed by atoms with Crippen LogP contribution < -0.4 is 5.32 Å². The van der Waals surface area contributed by atoms with Crippen molar-refractivity contribution in [2.75, 3.05) is 14.1 Å². The van der Waals surface area contributed by atoms with Gasteiger partial charge in [-0.15, -0.1) is 0 Å². The molecule has 0 aliphatic carbocycles. The Kier molecular flexibility index (Phi) is 4.39. The number of halogens is 2. The summed E-state index contributed by atoms with van der Waals surface area (Å²) < 4.78 is 25.8. The van der Waals surface area contributed by atoms with E-state index in [1.54, 1.807) is 0 Å².